The van der Waals surface area contributed by atoms with E-state index in [-0.39, 0.29) is 5.91 Å². The first-order chi connectivity index (χ1) is 13.0. The highest BCUT2D eigenvalue weighted by atomic mass is 35.5. The largest absolute Gasteiger partial charge is 0.497 e. The van der Waals surface area contributed by atoms with E-state index in [0.717, 1.165) is 21.9 Å². The van der Waals surface area contributed by atoms with Crippen molar-refractivity contribution in [2.24, 2.45) is 0 Å². The molecule has 27 heavy (non-hydrogen) atoms. The van der Waals surface area contributed by atoms with Crippen LogP contribution in [0.15, 0.2) is 48.5 Å². The lowest BCUT2D eigenvalue weighted by Crippen LogP contribution is -2.30. The minimum atomic E-state index is -0.667. The third-order valence-corrected chi connectivity index (χ3v) is 5.02. The number of methoxy groups -OCH3 is 1. The predicted octanol–water partition coefficient (Wildman–Crippen LogP) is 5.19. The van der Waals surface area contributed by atoms with Crippen molar-refractivity contribution in [3.05, 3.63) is 58.4 Å². The Hall–Kier alpha value is -2.57. The zero-order valence-electron chi connectivity index (χ0n) is 15.2. The lowest BCUT2D eigenvalue weighted by Gasteiger charge is -2.13. The van der Waals surface area contributed by atoms with Gasteiger partial charge in [0.25, 0.3) is 5.91 Å². The standard InChI is InChI=1S/C20H19ClN2O3S/c1-12(26-17-10-6-15(21)7-11-17)19(24)23-20-22-18(13(2)27-20)14-4-8-16(25-3)9-5-14/h4-12H,1-3H3,(H,22,23,24). The van der Waals surface area contributed by atoms with Crippen LogP contribution < -0.4 is 14.8 Å². The SMILES string of the molecule is COc1ccc(-c2nc(NC(=O)C(C)Oc3ccc(Cl)cc3)sc2C)cc1. The molecule has 1 aromatic heterocycles. The molecule has 3 aromatic rings. The molecule has 0 saturated carbocycles. The van der Waals surface area contributed by atoms with Gasteiger partial charge in [0.05, 0.1) is 12.8 Å². The molecule has 1 atom stereocenters. The summed E-state index contributed by atoms with van der Waals surface area (Å²) >= 11 is 7.28. The van der Waals surface area contributed by atoms with Crippen molar-refractivity contribution in [3.8, 4) is 22.8 Å². The molecule has 1 unspecified atom stereocenters. The van der Waals surface area contributed by atoms with Crippen LogP contribution in [0.25, 0.3) is 11.3 Å². The van der Waals surface area contributed by atoms with Crippen molar-refractivity contribution in [1.29, 1.82) is 0 Å². The smallest absolute Gasteiger partial charge is 0.266 e. The summed E-state index contributed by atoms with van der Waals surface area (Å²) in [4.78, 5) is 18.0. The van der Waals surface area contributed by atoms with E-state index in [2.05, 4.69) is 10.3 Å². The summed E-state index contributed by atoms with van der Waals surface area (Å²) in [5, 5.41) is 3.97. The number of benzene rings is 2. The number of ether oxygens (including phenoxy) is 2. The number of carbonyl (C=O) groups is 1. The minimum Gasteiger partial charge on any atom is -0.497 e. The molecular weight excluding hydrogens is 384 g/mol. The Kier molecular flexibility index (Phi) is 5.98. The van der Waals surface area contributed by atoms with E-state index in [4.69, 9.17) is 21.1 Å². The van der Waals surface area contributed by atoms with Gasteiger partial charge in [0.15, 0.2) is 11.2 Å². The van der Waals surface area contributed by atoms with Crippen LogP contribution in [0.2, 0.25) is 5.02 Å². The predicted molar refractivity (Wildman–Crippen MR) is 109 cm³/mol. The Balaban J connectivity index is 1.68. The van der Waals surface area contributed by atoms with Gasteiger partial charge in [-0.25, -0.2) is 4.98 Å². The van der Waals surface area contributed by atoms with Crippen LogP contribution in [0.4, 0.5) is 5.13 Å². The van der Waals surface area contributed by atoms with Gasteiger partial charge in [0.2, 0.25) is 0 Å². The molecule has 1 heterocycles. The summed E-state index contributed by atoms with van der Waals surface area (Å²) in [5.41, 5.74) is 1.81. The summed E-state index contributed by atoms with van der Waals surface area (Å²) in [6, 6.07) is 14.5. The molecule has 0 fully saturated rings. The Morgan fingerprint density at radius 1 is 1.11 bits per heavy atom. The molecule has 0 saturated heterocycles. The summed E-state index contributed by atoms with van der Waals surface area (Å²) < 4.78 is 10.8. The number of aryl methyl sites for hydroxylation is 1. The van der Waals surface area contributed by atoms with E-state index in [1.807, 2.05) is 31.2 Å². The number of hydrogen-bond acceptors (Lipinski definition) is 5. The Morgan fingerprint density at radius 3 is 2.37 bits per heavy atom. The van der Waals surface area contributed by atoms with E-state index < -0.39 is 6.10 Å². The monoisotopic (exact) mass is 402 g/mol. The molecule has 0 spiro atoms. The van der Waals surface area contributed by atoms with Crippen LogP contribution in [-0.4, -0.2) is 24.1 Å². The molecule has 0 aliphatic rings. The zero-order valence-corrected chi connectivity index (χ0v) is 16.7. The molecular formula is C20H19ClN2O3S. The first-order valence-electron chi connectivity index (χ1n) is 8.31. The van der Waals surface area contributed by atoms with Gasteiger partial charge in [-0.1, -0.05) is 11.6 Å². The van der Waals surface area contributed by atoms with Gasteiger partial charge in [0.1, 0.15) is 11.5 Å². The van der Waals surface area contributed by atoms with E-state index >= 15 is 0 Å². The van der Waals surface area contributed by atoms with E-state index in [1.165, 1.54) is 11.3 Å². The molecule has 0 radical (unpaired) electrons. The number of halogens is 1. The number of rotatable bonds is 6. The van der Waals surface area contributed by atoms with E-state index in [0.29, 0.717) is 15.9 Å². The molecule has 0 bridgehead atoms. The topological polar surface area (TPSA) is 60.5 Å². The van der Waals surface area contributed by atoms with Gasteiger partial charge in [-0.2, -0.15) is 0 Å². The van der Waals surface area contributed by atoms with Crippen molar-refractivity contribution >= 4 is 34.0 Å². The van der Waals surface area contributed by atoms with Gasteiger partial charge >= 0.3 is 0 Å². The van der Waals surface area contributed by atoms with Crippen molar-refractivity contribution in [2.45, 2.75) is 20.0 Å². The number of hydrogen-bond donors (Lipinski definition) is 1. The zero-order chi connectivity index (χ0) is 19.4. The second-order valence-corrected chi connectivity index (χ2v) is 7.50. The van der Waals surface area contributed by atoms with Gasteiger partial charge in [0, 0.05) is 15.5 Å². The normalized spacial score (nSPS) is 11.7. The number of nitrogens with zero attached hydrogens (tertiary/aromatic N) is 1. The van der Waals surface area contributed by atoms with Gasteiger partial charge in [-0.05, 0) is 62.4 Å². The molecule has 0 aliphatic carbocycles. The number of carbonyl (C=O) groups excluding carboxylic acids is 1. The lowest BCUT2D eigenvalue weighted by molar-refractivity contribution is -0.122. The van der Waals surface area contributed by atoms with Crippen molar-refractivity contribution in [1.82, 2.24) is 4.98 Å². The summed E-state index contributed by atoms with van der Waals surface area (Å²) in [5.74, 6) is 1.10. The van der Waals surface area contributed by atoms with Crippen LogP contribution in [0.3, 0.4) is 0 Å². The second-order valence-electron chi connectivity index (χ2n) is 5.86. The first-order valence-corrected chi connectivity index (χ1v) is 9.50. The number of nitrogens with one attached hydrogen (secondary N) is 1. The maximum atomic E-state index is 12.4. The van der Waals surface area contributed by atoms with Crippen LogP contribution in [0, 0.1) is 6.92 Å². The van der Waals surface area contributed by atoms with Crippen LogP contribution >= 0.6 is 22.9 Å². The molecule has 1 N–H and O–H groups in total. The fourth-order valence-electron chi connectivity index (χ4n) is 2.44. The molecule has 1 amide bonds. The summed E-state index contributed by atoms with van der Waals surface area (Å²) in [7, 11) is 1.63. The van der Waals surface area contributed by atoms with E-state index in [1.54, 1.807) is 38.3 Å². The van der Waals surface area contributed by atoms with Gasteiger partial charge in [-0.15, -0.1) is 11.3 Å². The second kappa shape index (κ2) is 8.41. The molecule has 0 aliphatic heterocycles. The average molecular weight is 403 g/mol. The van der Waals surface area contributed by atoms with E-state index in [9.17, 15) is 4.79 Å². The highest BCUT2D eigenvalue weighted by Gasteiger charge is 2.18. The number of amides is 1. The molecule has 3 rings (SSSR count). The number of aromatic nitrogens is 1. The van der Waals surface area contributed by atoms with Crippen molar-refractivity contribution in [3.63, 3.8) is 0 Å². The first kappa shape index (κ1) is 19.2. The highest BCUT2D eigenvalue weighted by Crippen LogP contribution is 2.31. The lowest BCUT2D eigenvalue weighted by atomic mass is 10.1. The fraction of sp³-hybridized carbons (Fsp3) is 0.200. The molecule has 2 aromatic carbocycles. The maximum absolute atomic E-state index is 12.4. The molecule has 5 nitrogen and oxygen atoms in total. The highest BCUT2D eigenvalue weighted by molar-refractivity contribution is 7.16. The number of anilines is 1. The molecule has 140 valence electrons. The van der Waals surface area contributed by atoms with Crippen molar-refractivity contribution < 1.29 is 14.3 Å². The van der Waals surface area contributed by atoms with Crippen LogP contribution in [-0.2, 0) is 4.79 Å². The summed E-state index contributed by atoms with van der Waals surface area (Å²) in [6.45, 7) is 3.66. The number of thiazole rings is 1. The third-order valence-electron chi connectivity index (χ3n) is 3.89. The maximum Gasteiger partial charge on any atom is 0.266 e. The van der Waals surface area contributed by atoms with Gasteiger partial charge < -0.3 is 9.47 Å². The summed E-state index contributed by atoms with van der Waals surface area (Å²) in [6.07, 6.45) is -0.667. The average Bonchev–Trinajstić information content (AvgIpc) is 3.03. The Bertz CT molecular complexity index is 923. The fourth-order valence-corrected chi connectivity index (χ4v) is 3.41. The Labute approximate surface area is 166 Å². The van der Waals surface area contributed by atoms with Crippen LogP contribution in [0.1, 0.15) is 11.8 Å². The Morgan fingerprint density at radius 2 is 1.74 bits per heavy atom. The van der Waals surface area contributed by atoms with Crippen LogP contribution in [0.5, 0.6) is 11.5 Å². The minimum absolute atomic E-state index is 0.264. The third kappa shape index (κ3) is 4.78. The van der Waals surface area contributed by atoms with Gasteiger partial charge in [-0.3, -0.25) is 10.1 Å². The van der Waals surface area contributed by atoms with Crippen molar-refractivity contribution in [2.75, 3.05) is 12.4 Å². The molecule has 7 heteroatoms. The quantitative estimate of drug-likeness (QED) is 0.616.